The average molecular weight is 250 g/mol. The molecule has 0 amide bonds. The fourth-order valence-corrected chi connectivity index (χ4v) is 1.61. The zero-order valence-corrected chi connectivity index (χ0v) is 9.51. The van der Waals surface area contributed by atoms with Crippen LogP contribution in [-0.4, -0.2) is 49.2 Å². The third-order valence-corrected chi connectivity index (χ3v) is 2.67. The van der Waals surface area contributed by atoms with E-state index in [2.05, 4.69) is 9.97 Å². The van der Waals surface area contributed by atoms with E-state index >= 15 is 0 Å². The largest absolute Gasteiger partial charge is 0.394 e. The molecule has 0 aliphatic carbocycles. The maximum absolute atomic E-state index is 9.83. The molecule has 18 heavy (non-hydrogen) atoms. The highest BCUT2D eigenvalue weighted by Gasteiger charge is 2.26. The van der Waals surface area contributed by atoms with Crippen LogP contribution in [0, 0.1) is 0 Å². The second kappa shape index (κ2) is 5.36. The summed E-state index contributed by atoms with van der Waals surface area (Å²) in [5, 5.41) is 37.4. The van der Waals surface area contributed by atoms with Gasteiger partial charge in [0.25, 0.3) is 0 Å². The number of para-hydroxylation sites is 2. The molecule has 3 atom stereocenters. The summed E-state index contributed by atoms with van der Waals surface area (Å²) in [4.78, 5) is 8.24. The Balaban J connectivity index is 2.30. The van der Waals surface area contributed by atoms with Gasteiger partial charge >= 0.3 is 0 Å². The van der Waals surface area contributed by atoms with E-state index in [-0.39, 0.29) is 5.69 Å². The number of fused-ring (bicyclic) bond motifs is 1. The third kappa shape index (κ3) is 2.46. The topological polar surface area (TPSA) is 107 Å². The molecule has 2 aromatic rings. The predicted octanol–water partition coefficient (Wildman–Crippen LogP) is -0.623. The Hall–Kier alpha value is -1.60. The number of rotatable bonds is 4. The number of hydrogen-bond donors (Lipinski definition) is 4. The molecule has 0 aliphatic rings. The normalized spacial score (nSPS) is 16.4. The molecule has 6 nitrogen and oxygen atoms in total. The first-order chi connectivity index (χ1) is 8.63. The van der Waals surface area contributed by atoms with Crippen LogP contribution < -0.4 is 0 Å². The second-order valence-corrected chi connectivity index (χ2v) is 3.97. The van der Waals surface area contributed by atoms with E-state index in [1.807, 2.05) is 6.07 Å². The van der Waals surface area contributed by atoms with Gasteiger partial charge in [0.1, 0.15) is 18.3 Å². The van der Waals surface area contributed by atoms with E-state index in [4.69, 9.17) is 5.11 Å². The van der Waals surface area contributed by atoms with Gasteiger partial charge < -0.3 is 20.4 Å². The number of nitrogens with zero attached hydrogens (tertiary/aromatic N) is 2. The van der Waals surface area contributed by atoms with Crippen molar-refractivity contribution in [3.8, 4) is 0 Å². The molecular weight excluding hydrogens is 236 g/mol. The Kier molecular flexibility index (Phi) is 3.83. The Morgan fingerprint density at radius 2 is 1.72 bits per heavy atom. The maximum Gasteiger partial charge on any atom is 0.126 e. The van der Waals surface area contributed by atoms with Crippen LogP contribution in [0.3, 0.4) is 0 Å². The van der Waals surface area contributed by atoms with Crippen LogP contribution in [0.1, 0.15) is 11.8 Å². The zero-order chi connectivity index (χ0) is 13.1. The lowest BCUT2D eigenvalue weighted by Gasteiger charge is -2.20. The molecule has 4 N–H and O–H groups in total. The van der Waals surface area contributed by atoms with Crippen LogP contribution in [0.2, 0.25) is 0 Å². The minimum Gasteiger partial charge on any atom is -0.394 e. The molecule has 0 saturated heterocycles. The van der Waals surface area contributed by atoms with Gasteiger partial charge in [0.15, 0.2) is 0 Å². The monoisotopic (exact) mass is 250 g/mol. The highest BCUT2D eigenvalue weighted by Crippen LogP contribution is 2.18. The van der Waals surface area contributed by atoms with Gasteiger partial charge in [0.05, 0.1) is 29.5 Å². The molecule has 0 aliphatic heterocycles. The molecule has 0 unspecified atom stereocenters. The van der Waals surface area contributed by atoms with Crippen molar-refractivity contribution in [2.45, 2.75) is 18.3 Å². The minimum absolute atomic E-state index is 0.147. The molecule has 6 heteroatoms. The molecule has 1 heterocycles. The Morgan fingerprint density at radius 1 is 1.06 bits per heavy atom. The summed E-state index contributed by atoms with van der Waals surface area (Å²) >= 11 is 0. The van der Waals surface area contributed by atoms with Crippen molar-refractivity contribution in [1.29, 1.82) is 0 Å². The van der Waals surface area contributed by atoms with Crippen molar-refractivity contribution in [3.05, 3.63) is 36.2 Å². The van der Waals surface area contributed by atoms with Gasteiger partial charge in [-0.1, -0.05) is 12.1 Å². The summed E-state index contributed by atoms with van der Waals surface area (Å²) in [6, 6.07) is 7.11. The van der Waals surface area contributed by atoms with Gasteiger partial charge in [0, 0.05) is 0 Å². The van der Waals surface area contributed by atoms with E-state index in [9.17, 15) is 15.3 Å². The molecule has 2 rings (SSSR count). The van der Waals surface area contributed by atoms with Crippen LogP contribution in [0.25, 0.3) is 11.0 Å². The summed E-state index contributed by atoms with van der Waals surface area (Å²) < 4.78 is 0. The molecule has 96 valence electrons. The Labute approximate surface area is 103 Å². The second-order valence-electron chi connectivity index (χ2n) is 3.97. The summed E-state index contributed by atoms with van der Waals surface area (Å²) in [5.74, 6) is 0. The summed E-state index contributed by atoms with van der Waals surface area (Å²) in [5.41, 5.74) is 1.40. The first kappa shape index (κ1) is 12.8. The van der Waals surface area contributed by atoms with Gasteiger partial charge in [-0.25, -0.2) is 4.98 Å². The predicted molar refractivity (Wildman–Crippen MR) is 63.6 cm³/mol. The lowest BCUT2D eigenvalue weighted by Crippen LogP contribution is -2.35. The van der Waals surface area contributed by atoms with E-state index in [1.165, 1.54) is 6.20 Å². The van der Waals surface area contributed by atoms with E-state index in [0.717, 1.165) is 0 Å². The molecule has 0 radical (unpaired) electrons. The number of hydrogen-bond acceptors (Lipinski definition) is 6. The van der Waals surface area contributed by atoms with Crippen molar-refractivity contribution in [2.24, 2.45) is 0 Å². The van der Waals surface area contributed by atoms with Crippen molar-refractivity contribution in [3.63, 3.8) is 0 Å². The van der Waals surface area contributed by atoms with Gasteiger partial charge in [-0.2, -0.15) is 0 Å². The maximum atomic E-state index is 9.83. The number of aliphatic hydroxyl groups is 4. The number of benzene rings is 1. The zero-order valence-electron chi connectivity index (χ0n) is 9.51. The molecule has 1 aromatic heterocycles. The molecule has 0 fully saturated rings. The van der Waals surface area contributed by atoms with Crippen LogP contribution in [0.4, 0.5) is 0 Å². The SMILES string of the molecule is OC[C@@H](O)[C@H](O)[C@@H](O)c1cnc2ccccc2n1. The molecule has 0 saturated carbocycles. The lowest BCUT2D eigenvalue weighted by molar-refractivity contribution is -0.0789. The van der Waals surface area contributed by atoms with Crippen LogP contribution in [0.15, 0.2) is 30.5 Å². The molecule has 1 aromatic carbocycles. The number of aliphatic hydroxyl groups excluding tert-OH is 4. The fraction of sp³-hybridized carbons (Fsp3) is 0.333. The van der Waals surface area contributed by atoms with Crippen molar-refractivity contribution in [1.82, 2.24) is 9.97 Å². The van der Waals surface area contributed by atoms with Crippen LogP contribution in [0.5, 0.6) is 0 Å². The number of aromatic nitrogens is 2. The first-order valence-electron chi connectivity index (χ1n) is 5.50. The van der Waals surface area contributed by atoms with E-state index in [0.29, 0.717) is 11.0 Å². The molecular formula is C12H14N2O4. The Morgan fingerprint density at radius 3 is 2.39 bits per heavy atom. The standard InChI is InChI=1S/C12H14N2O4/c15-6-10(16)12(18)11(17)9-5-13-7-3-1-2-4-8(7)14-9/h1-5,10-12,15-18H,6H2/t10-,11+,12+/m1/s1. The average Bonchev–Trinajstić information content (AvgIpc) is 2.44. The van der Waals surface area contributed by atoms with Gasteiger partial charge in [-0.15, -0.1) is 0 Å². The smallest absolute Gasteiger partial charge is 0.126 e. The lowest BCUT2D eigenvalue weighted by atomic mass is 10.1. The Bertz CT molecular complexity index is 534. The summed E-state index contributed by atoms with van der Waals surface area (Å²) in [6.45, 7) is -0.640. The van der Waals surface area contributed by atoms with Crippen molar-refractivity contribution >= 4 is 11.0 Å². The fourth-order valence-electron chi connectivity index (χ4n) is 1.61. The summed E-state index contributed by atoms with van der Waals surface area (Å²) in [7, 11) is 0. The van der Waals surface area contributed by atoms with Crippen LogP contribution in [-0.2, 0) is 0 Å². The minimum atomic E-state index is -1.51. The summed E-state index contributed by atoms with van der Waals surface area (Å²) in [6.07, 6.45) is -3.00. The third-order valence-electron chi connectivity index (χ3n) is 2.67. The highest BCUT2D eigenvalue weighted by molar-refractivity contribution is 5.73. The van der Waals surface area contributed by atoms with Gasteiger partial charge in [-0.3, -0.25) is 4.98 Å². The highest BCUT2D eigenvalue weighted by atomic mass is 16.4. The van der Waals surface area contributed by atoms with Gasteiger partial charge in [0.2, 0.25) is 0 Å². The first-order valence-corrected chi connectivity index (χ1v) is 5.50. The van der Waals surface area contributed by atoms with Crippen LogP contribution >= 0.6 is 0 Å². The molecule has 0 spiro atoms. The van der Waals surface area contributed by atoms with Gasteiger partial charge in [-0.05, 0) is 12.1 Å². The molecule has 0 bridgehead atoms. The quantitative estimate of drug-likeness (QED) is 0.576. The van der Waals surface area contributed by atoms with E-state index < -0.39 is 24.9 Å². The van der Waals surface area contributed by atoms with Crippen molar-refractivity contribution in [2.75, 3.05) is 6.61 Å². The van der Waals surface area contributed by atoms with E-state index in [1.54, 1.807) is 18.2 Å². The van der Waals surface area contributed by atoms with Crippen molar-refractivity contribution < 1.29 is 20.4 Å².